The molecule has 700 valence electrons. The largest absolute Gasteiger partial charge is 0.481 e. The highest BCUT2D eigenvalue weighted by Crippen LogP contribution is 2.20. The van der Waals surface area contributed by atoms with Gasteiger partial charge in [-0.15, -0.1) is 0 Å². The fraction of sp³-hybridized carbons (Fsp3) is 0.557. The molecule has 0 radical (unpaired) electrons. The number of nitrogens with zero attached hydrogens (tertiary/aromatic N) is 1. The molecule has 16 atom stereocenters. The molecule has 17 amide bonds. The number of thiol groups is 6. The number of aliphatic hydroxyl groups excluding tert-OH is 3. The average molecular weight is 1890 g/mol. The topological polar surface area (TPSA) is 841 Å². The lowest BCUT2D eigenvalue weighted by atomic mass is 10.0. The third kappa shape index (κ3) is 38.0. The smallest absolute Gasteiger partial charge is 0.305 e. The molecule has 0 aliphatic rings. The van der Waals surface area contributed by atoms with E-state index in [2.05, 4.69) is 181 Å². The fourth-order valence-corrected chi connectivity index (χ4v) is 12.9. The number of para-hydroxylation sites is 1. The number of aromatic nitrogens is 3. The van der Waals surface area contributed by atoms with E-state index in [0.717, 1.165) is 0 Å². The summed E-state index contributed by atoms with van der Waals surface area (Å²) >= 11 is 24.5. The van der Waals surface area contributed by atoms with Crippen molar-refractivity contribution in [3.05, 3.63) is 54.2 Å². The summed E-state index contributed by atoms with van der Waals surface area (Å²) in [5, 5.41) is 97.2. The second-order valence-electron chi connectivity index (χ2n) is 27.9. The number of hydrogen-bond acceptors (Lipinski definition) is 32. The molecule has 0 bridgehead atoms. The molecule has 0 aliphatic heterocycles. The minimum atomic E-state index is -2.12. The number of benzene rings is 1. The molecule has 0 unspecified atom stereocenters. The maximum atomic E-state index is 14.9. The number of carboxylic acid groups (broad SMARTS) is 1. The lowest BCUT2D eigenvalue weighted by Gasteiger charge is -2.28. The van der Waals surface area contributed by atoms with Crippen molar-refractivity contribution in [3.8, 4) is 0 Å². The molecular weight excluding hydrogens is 1780 g/mol. The number of H-pyrrole nitrogens is 2. The molecule has 3 rings (SSSR count). The van der Waals surface area contributed by atoms with E-state index in [4.69, 9.17) is 45.2 Å². The summed E-state index contributed by atoms with van der Waals surface area (Å²) in [5.41, 5.74) is 34.2. The van der Waals surface area contributed by atoms with Crippen LogP contribution in [0.3, 0.4) is 0 Å². The molecule has 2 heterocycles. The van der Waals surface area contributed by atoms with Crippen LogP contribution in [0.15, 0.2) is 43.0 Å². The number of carbonyl (C=O) groups excluding carboxylic acids is 17. The van der Waals surface area contributed by atoms with Crippen LogP contribution in [0.1, 0.15) is 69.0 Å². The van der Waals surface area contributed by atoms with E-state index in [-0.39, 0.29) is 93.3 Å². The lowest BCUT2D eigenvalue weighted by Crippen LogP contribution is -2.62. The van der Waals surface area contributed by atoms with Gasteiger partial charge in [-0.25, -0.2) is 4.98 Å². The van der Waals surface area contributed by atoms with E-state index < -0.39 is 272 Å². The summed E-state index contributed by atoms with van der Waals surface area (Å²) in [6.45, 7) is -3.64. The summed E-state index contributed by atoms with van der Waals surface area (Å²) in [5.74, 6) is -24.0. The van der Waals surface area contributed by atoms with Gasteiger partial charge in [0.15, 0.2) is 11.9 Å². The van der Waals surface area contributed by atoms with Gasteiger partial charge in [0.1, 0.15) is 90.6 Å². The van der Waals surface area contributed by atoms with Gasteiger partial charge in [-0.2, -0.15) is 75.8 Å². The van der Waals surface area contributed by atoms with Crippen LogP contribution in [0.25, 0.3) is 10.9 Å². The molecule has 0 saturated heterocycles. The van der Waals surface area contributed by atoms with Crippen LogP contribution in [0, 0.1) is 10.8 Å². The van der Waals surface area contributed by atoms with Gasteiger partial charge in [0.2, 0.25) is 100 Å². The number of aromatic amines is 2. The highest BCUT2D eigenvalue weighted by atomic mass is 32.1. The van der Waals surface area contributed by atoms with E-state index in [0.29, 0.717) is 16.5 Å². The Morgan fingerprint density at radius 1 is 0.389 bits per heavy atom. The Bertz CT molecular complexity index is 4240. The van der Waals surface area contributed by atoms with Crippen LogP contribution in [0.5, 0.6) is 0 Å². The zero-order valence-corrected chi connectivity index (χ0v) is 73.1. The predicted octanol–water partition coefficient (Wildman–Crippen LogP) is -13.7. The van der Waals surface area contributed by atoms with Crippen molar-refractivity contribution in [1.82, 2.24) is 105 Å². The molecule has 56 heteroatoms. The Morgan fingerprint density at radius 2 is 0.714 bits per heavy atom. The number of aliphatic hydroxyl groups is 3. The van der Waals surface area contributed by atoms with Gasteiger partial charge in [0.05, 0.1) is 45.0 Å². The number of primary amides is 2. The molecule has 1 aromatic carbocycles. The first kappa shape index (κ1) is 109. The number of carboxylic acids is 1. The summed E-state index contributed by atoms with van der Waals surface area (Å²) in [4.78, 5) is 255. The highest BCUT2D eigenvalue weighted by Gasteiger charge is 2.39. The van der Waals surface area contributed by atoms with Gasteiger partial charge >= 0.3 is 5.97 Å². The van der Waals surface area contributed by atoms with Gasteiger partial charge in [-0.1, -0.05) is 18.2 Å². The SMILES string of the molecule is N=C(N)NCCC[C@H](NC(=O)[C@H](CO)NC(=O)[C@H](Cc1cnc[nH]1)NC(=O)[C@H](CC(=O)O)NC(=O)[C@H](CCCNC(=N)N)NC(=O)[C@H](CS)NC(=O)[C@H](Cc1c[nH]c2ccccc12)NC(=O)[C@H](CCCCN)NC(=O)[C@H](CO)NC(=O)[C@H](CO)NC(=O)[C@H](CS)NC(=O)[C@H](CC(N)=O)NC(=O)[C@H](CS)NC(=O)[C@@H](N)CS)C(=O)N[C@@H](CS)C(=O)N[C@@H](CS)C(N)=O. The van der Waals surface area contributed by atoms with Crippen LogP contribution < -0.4 is 125 Å². The zero-order chi connectivity index (χ0) is 94.4. The van der Waals surface area contributed by atoms with E-state index in [1.807, 2.05) is 0 Å². The second-order valence-corrected chi connectivity index (χ2v) is 30.1. The number of nitrogens with one attached hydrogen (secondary N) is 21. The number of carbonyl (C=O) groups is 18. The predicted molar refractivity (Wildman–Crippen MR) is 472 cm³/mol. The molecule has 0 saturated carbocycles. The summed E-state index contributed by atoms with van der Waals surface area (Å²) in [6, 6.07) is -20.2. The molecule has 37 N–H and O–H groups in total. The van der Waals surface area contributed by atoms with Crippen LogP contribution in [-0.4, -0.2) is 324 Å². The molecular formula is C70H112N28O22S6. The van der Waals surface area contributed by atoms with Gasteiger partial charge < -0.3 is 155 Å². The van der Waals surface area contributed by atoms with Crippen LogP contribution in [0.2, 0.25) is 0 Å². The van der Waals surface area contributed by atoms with Crippen molar-refractivity contribution in [1.29, 1.82) is 10.8 Å². The number of aliphatic carboxylic acids is 1. The van der Waals surface area contributed by atoms with E-state index in [9.17, 15) is 107 Å². The summed E-state index contributed by atoms with van der Waals surface area (Å²) in [7, 11) is 0. The first-order chi connectivity index (χ1) is 59.8. The van der Waals surface area contributed by atoms with Crippen LogP contribution in [-0.2, 0) is 99.1 Å². The Labute approximate surface area is 753 Å². The van der Waals surface area contributed by atoms with E-state index in [1.54, 1.807) is 24.3 Å². The molecule has 3 aromatic rings. The van der Waals surface area contributed by atoms with E-state index >= 15 is 0 Å². The monoisotopic (exact) mass is 1890 g/mol. The highest BCUT2D eigenvalue weighted by molar-refractivity contribution is 7.81. The normalized spacial score (nSPS) is 14.8. The number of hydrogen-bond donors (Lipinski definition) is 37. The quantitative estimate of drug-likeness (QED) is 0.0108. The van der Waals surface area contributed by atoms with Crippen LogP contribution in [0.4, 0.5) is 0 Å². The Balaban J connectivity index is 1.97. The second kappa shape index (κ2) is 57.5. The maximum absolute atomic E-state index is 14.9. The zero-order valence-electron chi connectivity index (χ0n) is 67.8. The van der Waals surface area contributed by atoms with Gasteiger partial charge in [-0.05, 0) is 63.1 Å². The number of nitrogens with two attached hydrogens (primary N) is 6. The molecule has 50 nitrogen and oxygen atoms in total. The first-order valence-electron chi connectivity index (χ1n) is 38.7. The first-order valence-corrected chi connectivity index (χ1v) is 42.5. The standard InChI is InChI=1S/C70H112N28O22S6/c71-12-4-3-9-36(84-63(115)44(22-100)92-64(116)45(23-101)93-67(119)49(28-125)98-60(112)41(17-51(73)102)89-66(118)47(26-123)95-54(106)34(72)24-121)55(107)87-39(15-31-19-82-35-8-2-1-7-33(31)35)58(110)97-48(27-124)65(117)86-37(10-5-13-80-69(75)76)56(108)90-42(18-52(103)104)61(113)88-40(16-32-20-79-30-83-32)59(111)91-43(21-99)62(114)85-38(11-6-14-81-70(77)78)57(109)96-50(29-126)68(120)94-46(25-122)53(74)105/h1-2,7-8,19-20,30,34,36-50,82,99-101,121-126H,3-6,9-18,21-29,71-72H2,(H2,73,102)(H2,74,105)(H,79,83)(H,84,115)(H,85,114)(H,86,117)(H,87,107)(H,88,113)(H,89,118)(H,90,108)(H,91,111)(H,92,116)(H,93,119)(H,94,120)(H,95,106)(H,96,109)(H,97,110)(H,98,112)(H,103,104)(H4,75,76,80)(H4,77,78,81)/t34-,36-,37-,38-,39-,40-,41-,42-,43-,44-,45-,46-,47-,48-,49-,50-/m0/s1. The van der Waals surface area contributed by atoms with Gasteiger partial charge in [-0.3, -0.25) is 97.1 Å². The van der Waals surface area contributed by atoms with Crippen molar-refractivity contribution in [2.45, 2.75) is 167 Å². The van der Waals surface area contributed by atoms with Gasteiger partial charge in [0.25, 0.3) is 0 Å². The number of imidazole rings is 1. The number of rotatable bonds is 60. The third-order valence-corrected chi connectivity index (χ3v) is 20.5. The Hall–Kier alpha value is -11.1. The summed E-state index contributed by atoms with van der Waals surface area (Å²) < 4.78 is 0. The van der Waals surface area contributed by atoms with E-state index in [1.165, 1.54) is 18.7 Å². The molecule has 2 aromatic heterocycles. The maximum Gasteiger partial charge on any atom is 0.305 e. The van der Waals surface area contributed by atoms with Crippen molar-refractivity contribution in [2.24, 2.45) is 34.4 Å². The van der Waals surface area contributed by atoms with Crippen LogP contribution >= 0.6 is 75.8 Å². The minimum Gasteiger partial charge on any atom is -0.481 e. The summed E-state index contributed by atoms with van der Waals surface area (Å²) in [6.07, 6.45) is 0.409. The number of fused-ring (bicyclic) bond motifs is 1. The molecule has 0 fully saturated rings. The number of guanidine groups is 2. The van der Waals surface area contributed by atoms with Crippen molar-refractivity contribution < 1.29 is 107 Å². The third-order valence-electron chi connectivity index (χ3n) is 18.3. The lowest BCUT2D eigenvalue weighted by molar-refractivity contribution is -0.141. The molecule has 0 aliphatic carbocycles. The average Bonchev–Trinajstić information content (AvgIpc) is 1.65. The number of amides is 17. The minimum absolute atomic E-state index is 0.0196. The van der Waals surface area contributed by atoms with Crippen molar-refractivity contribution >= 4 is 205 Å². The molecule has 0 spiro atoms. The Kier molecular flexibility index (Phi) is 49.7. The van der Waals surface area contributed by atoms with Gasteiger partial charge in [0, 0.05) is 89.4 Å². The van der Waals surface area contributed by atoms with Crippen molar-refractivity contribution in [2.75, 3.05) is 74.0 Å². The fourth-order valence-electron chi connectivity index (χ4n) is 11.4. The number of unbranched alkanes of at least 4 members (excludes halogenated alkanes) is 1. The molecule has 126 heavy (non-hydrogen) atoms. The Morgan fingerprint density at radius 3 is 1.07 bits per heavy atom. The van der Waals surface area contributed by atoms with Crippen molar-refractivity contribution in [3.63, 3.8) is 0 Å².